The zero-order valence-electron chi connectivity index (χ0n) is 19.8. The number of quaternary nitrogens is 1. The summed E-state index contributed by atoms with van der Waals surface area (Å²) in [6.07, 6.45) is 13.5. The third-order valence-electron chi connectivity index (χ3n) is 5.86. The highest BCUT2D eigenvalue weighted by molar-refractivity contribution is 5.70. The minimum absolute atomic E-state index is 0.101. The Morgan fingerprint density at radius 1 is 0.774 bits per heavy atom. The van der Waals surface area contributed by atoms with Crippen molar-refractivity contribution in [3.8, 4) is 0 Å². The van der Waals surface area contributed by atoms with Gasteiger partial charge in [0.1, 0.15) is 11.8 Å². The molecule has 0 saturated heterocycles. The Labute approximate surface area is 187 Å². The van der Waals surface area contributed by atoms with Gasteiger partial charge in [-0.25, -0.2) is 0 Å². The number of carboxylic acid groups (broad SMARTS) is 3. The van der Waals surface area contributed by atoms with Gasteiger partial charge in [-0.15, -0.1) is 0 Å². The van der Waals surface area contributed by atoms with Crippen molar-refractivity contribution in [3.63, 3.8) is 0 Å². The van der Waals surface area contributed by atoms with E-state index in [0.29, 0.717) is 6.54 Å². The van der Waals surface area contributed by atoms with Crippen molar-refractivity contribution in [1.82, 2.24) is 0 Å². The van der Waals surface area contributed by atoms with Crippen LogP contribution >= 0.6 is 0 Å². The molecule has 2 N–H and O–H groups in total. The molecule has 0 bridgehead atoms. The fourth-order valence-corrected chi connectivity index (χ4v) is 4.06. The van der Waals surface area contributed by atoms with Crippen LogP contribution in [0.5, 0.6) is 0 Å². The van der Waals surface area contributed by atoms with Gasteiger partial charge in [-0.3, -0.25) is 9.59 Å². The van der Waals surface area contributed by atoms with Gasteiger partial charge in [0, 0.05) is 11.9 Å². The van der Waals surface area contributed by atoms with E-state index in [2.05, 4.69) is 13.0 Å². The second-order valence-electron chi connectivity index (χ2n) is 9.15. The first-order valence-electron chi connectivity index (χ1n) is 11.7. The van der Waals surface area contributed by atoms with E-state index in [4.69, 9.17) is 0 Å². The molecule has 0 fully saturated rings. The molecule has 3 unspecified atom stereocenters. The molecular formula is C24H43NO6. The van der Waals surface area contributed by atoms with E-state index in [0.717, 1.165) is 12.8 Å². The molecule has 0 aliphatic rings. The second-order valence-corrected chi connectivity index (χ2v) is 9.15. The Kier molecular flexibility index (Phi) is 14.9. The summed E-state index contributed by atoms with van der Waals surface area (Å²) in [5.41, 5.74) is 0. The average molecular weight is 442 g/mol. The summed E-state index contributed by atoms with van der Waals surface area (Å²) < 4.78 is 0.101. The van der Waals surface area contributed by atoms with Crippen LogP contribution in [0.4, 0.5) is 0 Å². The number of allylic oxidation sites excluding steroid dienone is 1. The number of carboxylic acids is 3. The lowest BCUT2D eigenvalue weighted by Crippen LogP contribution is -2.58. The maximum atomic E-state index is 11.5. The maximum absolute atomic E-state index is 11.5. The smallest absolute Gasteiger partial charge is 0.311 e. The van der Waals surface area contributed by atoms with Crippen molar-refractivity contribution in [1.29, 1.82) is 0 Å². The molecule has 180 valence electrons. The molecule has 7 nitrogen and oxygen atoms in total. The third kappa shape index (κ3) is 13.2. The number of carbonyl (C=O) groups is 3. The van der Waals surface area contributed by atoms with Crippen LogP contribution in [-0.4, -0.2) is 58.8 Å². The number of rotatable bonds is 19. The molecule has 0 amide bonds. The normalized spacial score (nSPS) is 16.5. The lowest BCUT2D eigenvalue weighted by atomic mass is 10.0. The van der Waals surface area contributed by atoms with E-state index in [1.54, 1.807) is 13.8 Å². The van der Waals surface area contributed by atoms with Gasteiger partial charge in [0.2, 0.25) is 0 Å². The van der Waals surface area contributed by atoms with Gasteiger partial charge < -0.3 is 24.6 Å². The predicted molar refractivity (Wildman–Crippen MR) is 119 cm³/mol. The SMILES string of the molecule is CCCCCCCCC/C=C/C[N+](CC(C)C(=O)[O-])(CC(C)C(=O)O)CC(C)C(=O)O. The minimum Gasteiger partial charge on any atom is -0.550 e. The Hall–Kier alpha value is -1.89. The fourth-order valence-electron chi connectivity index (χ4n) is 4.06. The number of carbonyl (C=O) groups excluding carboxylic acids is 1. The lowest BCUT2D eigenvalue weighted by molar-refractivity contribution is -0.929. The first-order valence-corrected chi connectivity index (χ1v) is 11.7. The second kappa shape index (κ2) is 15.8. The summed E-state index contributed by atoms with van der Waals surface area (Å²) in [6, 6.07) is 0. The van der Waals surface area contributed by atoms with Crippen molar-refractivity contribution in [3.05, 3.63) is 12.2 Å². The summed E-state index contributed by atoms with van der Waals surface area (Å²) in [5.74, 6) is -5.39. The largest absolute Gasteiger partial charge is 0.550 e. The van der Waals surface area contributed by atoms with E-state index in [9.17, 15) is 29.7 Å². The lowest BCUT2D eigenvalue weighted by Gasteiger charge is -2.42. The van der Waals surface area contributed by atoms with Gasteiger partial charge in [0.15, 0.2) is 0 Å². The van der Waals surface area contributed by atoms with Crippen molar-refractivity contribution in [2.24, 2.45) is 17.8 Å². The molecule has 0 heterocycles. The van der Waals surface area contributed by atoms with Gasteiger partial charge >= 0.3 is 11.9 Å². The standard InChI is InChI=1S/C24H43NO6/c1-5-6-7-8-9-10-11-12-13-14-15-25(16-19(2)22(26)27,17-20(3)23(28)29)18-21(4)24(30)31/h13-14,19-21H,5-12,15-18H2,1-4H3,(H2-,26,27,28,29,30,31)/b14-13+. The number of nitrogens with zero attached hydrogens (tertiary/aromatic N) is 1. The van der Waals surface area contributed by atoms with Crippen LogP contribution < -0.4 is 5.11 Å². The van der Waals surface area contributed by atoms with Crippen LogP contribution in [0.25, 0.3) is 0 Å². The predicted octanol–water partition coefficient (Wildman–Crippen LogP) is 3.33. The first kappa shape index (κ1) is 29.1. The van der Waals surface area contributed by atoms with Crippen LogP contribution in [0.1, 0.15) is 79.1 Å². The zero-order valence-corrected chi connectivity index (χ0v) is 19.8. The van der Waals surface area contributed by atoms with Gasteiger partial charge in [0.25, 0.3) is 0 Å². The Morgan fingerprint density at radius 2 is 1.23 bits per heavy atom. The molecular weight excluding hydrogens is 398 g/mol. The molecule has 0 spiro atoms. The number of unbranched alkanes of at least 4 members (excludes halogenated alkanes) is 7. The van der Waals surface area contributed by atoms with Crippen molar-refractivity contribution in [2.45, 2.75) is 79.1 Å². The molecule has 0 aromatic rings. The molecule has 0 aliphatic carbocycles. The molecule has 31 heavy (non-hydrogen) atoms. The molecule has 0 rings (SSSR count). The molecule has 0 saturated carbocycles. The van der Waals surface area contributed by atoms with Crippen LogP contribution in [0.15, 0.2) is 12.2 Å². The maximum Gasteiger partial charge on any atom is 0.311 e. The number of hydrogen-bond donors (Lipinski definition) is 2. The zero-order chi connectivity index (χ0) is 23.9. The Balaban J connectivity index is 5.16. The van der Waals surface area contributed by atoms with E-state index >= 15 is 0 Å². The quantitative estimate of drug-likeness (QED) is 0.180. The highest BCUT2D eigenvalue weighted by Crippen LogP contribution is 2.20. The third-order valence-corrected chi connectivity index (χ3v) is 5.86. The summed E-state index contributed by atoms with van der Waals surface area (Å²) in [6.45, 7) is 7.77. The summed E-state index contributed by atoms with van der Waals surface area (Å²) in [4.78, 5) is 34.4. The molecule has 7 heteroatoms. The highest BCUT2D eigenvalue weighted by atomic mass is 16.4. The molecule has 3 atom stereocenters. The van der Waals surface area contributed by atoms with Gasteiger partial charge in [-0.05, 0) is 32.8 Å². The fraction of sp³-hybridized carbons (Fsp3) is 0.792. The molecule has 0 radical (unpaired) electrons. The Morgan fingerprint density at radius 3 is 1.68 bits per heavy atom. The first-order chi connectivity index (χ1) is 14.5. The van der Waals surface area contributed by atoms with Crippen LogP contribution in [0.2, 0.25) is 0 Å². The van der Waals surface area contributed by atoms with Gasteiger partial charge in [-0.1, -0.05) is 58.4 Å². The Bertz CT molecular complexity index is 519. The van der Waals surface area contributed by atoms with Crippen molar-refractivity contribution >= 4 is 17.9 Å². The molecule has 0 aromatic carbocycles. The van der Waals surface area contributed by atoms with Crippen LogP contribution in [0, 0.1) is 17.8 Å². The van der Waals surface area contributed by atoms with E-state index < -0.39 is 35.7 Å². The van der Waals surface area contributed by atoms with Gasteiger partial charge in [0.05, 0.1) is 26.2 Å². The summed E-state index contributed by atoms with van der Waals surface area (Å²) in [5, 5.41) is 30.2. The molecule has 0 aromatic heterocycles. The van der Waals surface area contributed by atoms with Crippen LogP contribution in [-0.2, 0) is 14.4 Å². The number of hydrogen-bond acceptors (Lipinski definition) is 4. The van der Waals surface area contributed by atoms with Crippen molar-refractivity contribution < 1.29 is 34.2 Å². The summed E-state index contributed by atoms with van der Waals surface area (Å²) in [7, 11) is 0. The monoisotopic (exact) mass is 441 g/mol. The van der Waals surface area contributed by atoms with Gasteiger partial charge in [-0.2, -0.15) is 0 Å². The molecule has 0 aliphatic heterocycles. The van der Waals surface area contributed by atoms with E-state index in [1.165, 1.54) is 45.4 Å². The summed E-state index contributed by atoms with van der Waals surface area (Å²) >= 11 is 0. The minimum atomic E-state index is -1.21. The highest BCUT2D eigenvalue weighted by Gasteiger charge is 2.36. The average Bonchev–Trinajstić information content (AvgIpc) is 2.68. The topological polar surface area (TPSA) is 115 Å². The van der Waals surface area contributed by atoms with E-state index in [1.807, 2.05) is 6.08 Å². The number of aliphatic carboxylic acids is 3. The van der Waals surface area contributed by atoms with Crippen LogP contribution in [0.3, 0.4) is 0 Å². The van der Waals surface area contributed by atoms with E-state index in [-0.39, 0.29) is 24.1 Å². The van der Waals surface area contributed by atoms with Crippen molar-refractivity contribution in [2.75, 3.05) is 26.2 Å².